The number of aromatic hydroxyl groups is 2. The number of phenols is 2. The molecule has 4 aromatic rings. The van der Waals surface area contributed by atoms with E-state index in [0.29, 0.717) is 13.1 Å². The molecular formula is C47H58N2O4W. The molecular weight excluding hydrogens is 840 g/mol. The van der Waals surface area contributed by atoms with Crippen molar-refractivity contribution in [2.24, 2.45) is 9.98 Å². The Balaban J connectivity index is 0.00000181. The van der Waals surface area contributed by atoms with Gasteiger partial charge in [0, 0.05) is 47.5 Å². The molecule has 4 aromatic carbocycles. The number of hydrogen-bond acceptors (Lipinski definition) is 6. The zero-order valence-corrected chi connectivity index (χ0v) is 35.6. The quantitative estimate of drug-likeness (QED) is 0.0767. The van der Waals surface area contributed by atoms with E-state index in [1.807, 2.05) is 24.6 Å². The summed E-state index contributed by atoms with van der Waals surface area (Å²) in [5.41, 5.74) is 12.0. The molecule has 0 radical (unpaired) electrons. The van der Waals surface area contributed by atoms with Crippen molar-refractivity contribution >= 4 is 12.4 Å². The molecule has 6 rings (SSSR count). The van der Waals surface area contributed by atoms with Crippen molar-refractivity contribution in [3.05, 3.63) is 106 Å². The van der Waals surface area contributed by atoms with E-state index in [2.05, 4.69) is 88.4 Å². The van der Waals surface area contributed by atoms with Gasteiger partial charge in [-0.1, -0.05) is 128 Å². The third kappa shape index (κ3) is 8.49. The van der Waals surface area contributed by atoms with Crippen LogP contribution in [0.4, 0.5) is 0 Å². The molecule has 54 heavy (non-hydrogen) atoms. The van der Waals surface area contributed by atoms with Crippen LogP contribution >= 0.6 is 0 Å². The van der Waals surface area contributed by atoms with Gasteiger partial charge in [-0.15, -0.1) is 0 Å². The van der Waals surface area contributed by atoms with Gasteiger partial charge in [-0.3, -0.25) is 9.98 Å². The molecule has 0 heterocycles. The Morgan fingerprint density at radius 2 is 0.870 bits per heavy atom. The molecule has 0 atom stereocenters. The normalized spacial score (nSPS) is 14.4. The standard InChI is InChI=1S/C47H58N2O2.2O.W/c1-5-9-22-46(23-10-6-2)40-20-15-13-18-36(40)38-30-44(50)34(28-42(38)46)32-48-26-17-27-49-33-35-29-43-39(31-45(35)51)37-19-14-16-21-41(37)47(43,24-11-7-3)25-12-8-4;;;/h13-16,18-21,28-33,50-51H,5-12,17,22-27H2,1-4H3;;;. The third-order valence-electron chi connectivity index (χ3n) is 11.7. The minimum atomic E-state index is -2.25. The van der Waals surface area contributed by atoms with Crippen LogP contribution in [0.2, 0.25) is 0 Å². The summed E-state index contributed by atoms with van der Waals surface area (Å²) in [5.74, 6) is 0.575. The molecule has 0 saturated carbocycles. The Labute approximate surface area is 331 Å². The number of hydrogen-bond donors (Lipinski definition) is 2. The van der Waals surface area contributed by atoms with Crippen LogP contribution in [0.1, 0.15) is 145 Å². The predicted molar refractivity (Wildman–Crippen MR) is 218 cm³/mol. The molecule has 2 aliphatic carbocycles. The zero-order chi connectivity index (χ0) is 38.6. The van der Waals surface area contributed by atoms with Gasteiger partial charge in [0.05, 0.1) is 0 Å². The van der Waals surface area contributed by atoms with Gasteiger partial charge >= 0.3 is 25.3 Å². The molecule has 2 N–H and O–H groups in total. The average molecular weight is 899 g/mol. The van der Waals surface area contributed by atoms with Crippen molar-refractivity contribution < 1.29 is 35.5 Å². The maximum atomic E-state index is 11.1. The van der Waals surface area contributed by atoms with E-state index in [1.54, 1.807) is 0 Å². The van der Waals surface area contributed by atoms with Crippen molar-refractivity contribution in [1.82, 2.24) is 0 Å². The van der Waals surface area contributed by atoms with Crippen LogP contribution in [0.3, 0.4) is 0 Å². The summed E-state index contributed by atoms with van der Waals surface area (Å²) < 4.78 is 17.1. The molecule has 0 aliphatic heterocycles. The first-order valence-electron chi connectivity index (χ1n) is 20.2. The zero-order valence-electron chi connectivity index (χ0n) is 32.7. The van der Waals surface area contributed by atoms with E-state index < -0.39 is 18.5 Å². The number of phenolic OH excluding ortho intramolecular Hbond substituents is 2. The Kier molecular flexibility index (Phi) is 15.0. The first-order valence-corrected chi connectivity index (χ1v) is 22.6. The van der Waals surface area contributed by atoms with Crippen LogP contribution in [0.5, 0.6) is 11.5 Å². The minimum absolute atomic E-state index is 0.0134. The average Bonchev–Trinajstić information content (AvgIpc) is 3.60. The molecule has 0 fully saturated rings. The van der Waals surface area contributed by atoms with E-state index in [1.165, 1.54) is 95.9 Å². The Morgan fingerprint density at radius 1 is 0.519 bits per heavy atom. The fourth-order valence-electron chi connectivity index (χ4n) is 9.04. The number of aliphatic imine (C=N–C) groups is 2. The van der Waals surface area contributed by atoms with Gasteiger partial charge in [0.2, 0.25) is 0 Å². The van der Waals surface area contributed by atoms with Crippen LogP contribution in [-0.4, -0.2) is 35.7 Å². The van der Waals surface area contributed by atoms with Gasteiger partial charge in [-0.2, -0.15) is 0 Å². The van der Waals surface area contributed by atoms with Crippen LogP contribution in [0, 0.1) is 0 Å². The molecule has 0 saturated heterocycles. The second-order valence-electron chi connectivity index (χ2n) is 15.1. The van der Waals surface area contributed by atoms with E-state index in [9.17, 15) is 10.2 Å². The monoisotopic (exact) mass is 898 g/mol. The molecule has 6 nitrogen and oxygen atoms in total. The van der Waals surface area contributed by atoms with E-state index in [-0.39, 0.29) is 22.3 Å². The molecule has 286 valence electrons. The van der Waals surface area contributed by atoms with Crippen molar-refractivity contribution in [2.45, 2.75) is 122 Å². The summed E-state index contributed by atoms with van der Waals surface area (Å²) in [6.45, 7) is 10.3. The van der Waals surface area contributed by atoms with Crippen molar-refractivity contribution in [3.63, 3.8) is 0 Å². The van der Waals surface area contributed by atoms with Gasteiger partial charge in [0.15, 0.2) is 0 Å². The topological polar surface area (TPSA) is 99.3 Å². The van der Waals surface area contributed by atoms with Crippen LogP contribution in [0.15, 0.2) is 82.8 Å². The summed E-state index contributed by atoms with van der Waals surface area (Å²) in [6.07, 6.45) is 18.4. The number of rotatable bonds is 18. The molecule has 0 bridgehead atoms. The number of fused-ring (bicyclic) bond motifs is 6. The van der Waals surface area contributed by atoms with Crippen LogP contribution < -0.4 is 0 Å². The summed E-state index contributed by atoms with van der Waals surface area (Å²) in [6, 6.07) is 26.0. The number of unbranched alkanes of at least 4 members (excludes halogenated alkanes) is 4. The van der Waals surface area contributed by atoms with Gasteiger partial charge in [-0.25, -0.2) is 0 Å². The fraction of sp³-hybridized carbons (Fsp3) is 0.447. The molecule has 0 unspecified atom stereocenters. The summed E-state index contributed by atoms with van der Waals surface area (Å²) >= 11 is -2.25. The fourth-order valence-corrected chi connectivity index (χ4v) is 9.04. The van der Waals surface area contributed by atoms with Gasteiger partial charge in [-0.05, 0) is 101 Å². The summed E-state index contributed by atoms with van der Waals surface area (Å²) in [5, 5.41) is 22.3. The van der Waals surface area contributed by atoms with E-state index in [0.717, 1.165) is 43.2 Å². The molecule has 2 aliphatic rings. The van der Waals surface area contributed by atoms with Crippen LogP contribution in [-0.2, 0) is 36.1 Å². The Bertz CT molecular complexity index is 1830. The van der Waals surface area contributed by atoms with Crippen LogP contribution in [0.25, 0.3) is 22.3 Å². The van der Waals surface area contributed by atoms with Gasteiger partial charge in [0.1, 0.15) is 11.5 Å². The Morgan fingerprint density at radius 3 is 1.22 bits per heavy atom. The second kappa shape index (κ2) is 19.6. The maximum absolute atomic E-state index is 11.1. The van der Waals surface area contributed by atoms with E-state index in [4.69, 9.17) is 16.8 Å². The summed E-state index contributed by atoms with van der Waals surface area (Å²) in [4.78, 5) is 9.50. The van der Waals surface area contributed by atoms with E-state index >= 15 is 0 Å². The van der Waals surface area contributed by atoms with Crippen molar-refractivity contribution in [1.29, 1.82) is 0 Å². The Hall–Kier alpha value is -3.89. The first kappa shape index (κ1) is 41.3. The van der Waals surface area contributed by atoms with Gasteiger partial charge < -0.3 is 10.2 Å². The SMILES string of the molecule is CCCCC1(CCCC)c2ccccc2-c2cc(O)c(C=NCCCN=Cc3cc4c(cc3O)-c3ccccc3C4(CCCC)CCCC)cc21.[O]=[W]=[O]. The molecule has 0 spiro atoms. The van der Waals surface area contributed by atoms with Crippen molar-refractivity contribution in [3.8, 4) is 33.8 Å². The third-order valence-corrected chi connectivity index (χ3v) is 11.7. The predicted octanol–water partition coefficient (Wildman–Crippen LogP) is 12.1. The number of nitrogens with zero attached hydrogens (tertiary/aromatic N) is 2. The summed E-state index contributed by atoms with van der Waals surface area (Å²) in [7, 11) is 0. The number of benzene rings is 4. The molecule has 0 amide bonds. The van der Waals surface area contributed by atoms with Gasteiger partial charge in [0.25, 0.3) is 0 Å². The second-order valence-corrected chi connectivity index (χ2v) is 15.6. The first-order chi connectivity index (χ1) is 26.3. The molecule has 7 heteroatoms. The van der Waals surface area contributed by atoms with Crippen molar-refractivity contribution in [2.75, 3.05) is 13.1 Å². The molecule has 0 aromatic heterocycles.